The van der Waals surface area contributed by atoms with Gasteiger partial charge in [-0.05, 0) is 42.0 Å². The highest BCUT2D eigenvalue weighted by Crippen LogP contribution is 2.28. The van der Waals surface area contributed by atoms with E-state index in [4.69, 9.17) is 4.74 Å². The number of thioether (sulfide) groups is 1. The van der Waals surface area contributed by atoms with Gasteiger partial charge in [-0.25, -0.2) is 4.79 Å². The molecule has 104 valence electrons. The average molecular weight is 416 g/mol. The smallest absolute Gasteiger partial charge is 0.337 e. The molecule has 0 aliphatic heterocycles. The number of halogens is 2. The molecule has 0 spiro atoms. The van der Waals surface area contributed by atoms with Crippen molar-refractivity contribution in [3.63, 3.8) is 0 Å². The SMILES string of the molecule is COC(=O)c1ccc(CSc2ccc(Br)cc2)c(Br)c1. The van der Waals surface area contributed by atoms with Crippen LogP contribution in [-0.4, -0.2) is 13.1 Å². The maximum Gasteiger partial charge on any atom is 0.337 e. The summed E-state index contributed by atoms with van der Waals surface area (Å²) in [5, 5.41) is 0. The number of ether oxygens (including phenoxy) is 1. The van der Waals surface area contributed by atoms with Gasteiger partial charge < -0.3 is 4.74 Å². The second-order valence-electron chi connectivity index (χ2n) is 4.04. The van der Waals surface area contributed by atoms with Crippen molar-refractivity contribution in [1.82, 2.24) is 0 Å². The van der Waals surface area contributed by atoms with Gasteiger partial charge in [0.05, 0.1) is 12.7 Å². The lowest BCUT2D eigenvalue weighted by atomic mass is 10.1. The third kappa shape index (κ3) is 4.11. The molecule has 2 aromatic rings. The fraction of sp³-hybridized carbons (Fsp3) is 0.133. The molecule has 2 rings (SSSR count). The van der Waals surface area contributed by atoms with Crippen LogP contribution in [0.2, 0.25) is 0 Å². The average Bonchev–Trinajstić information content (AvgIpc) is 2.46. The lowest BCUT2D eigenvalue weighted by Crippen LogP contribution is -2.01. The van der Waals surface area contributed by atoms with Gasteiger partial charge in [0.15, 0.2) is 0 Å². The van der Waals surface area contributed by atoms with Crippen LogP contribution in [0, 0.1) is 0 Å². The van der Waals surface area contributed by atoms with E-state index in [2.05, 4.69) is 44.0 Å². The van der Waals surface area contributed by atoms with Gasteiger partial charge in [0.25, 0.3) is 0 Å². The number of hydrogen-bond acceptors (Lipinski definition) is 3. The van der Waals surface area contributed by atoms with Crippen molar-refractivity contribution in [3.05, 3.63) is 62.5 Å². The Morgan fingerprint density at radius 1 is 1.15 bits per heavy atom. The Bertz CT molecular complexity index is 612. The van der Waals surface area contributed by atoms with Crippen LogP contribution < -0.4 is 0 Å². The Kier molecular flexibility index (Phi) is 5.69. The second kappa shape index (κ2) is 7.29. The predicted octanol–water partition coefficient (Wildman–Crippen LogP) is 5.29. The molecule has 5 heteroatoms. The molecule has 0 aliphatic carbocycles. The summed E-state index contributed by atoms with van der Waals surface area (Å²) in [6.45, 7) is 0. The van der Waals surface area contributed by atoms with E-state index in [1.54, 1.807) is 23.9 Å². The molecule has 0 amide bonds. The normalized spacial score (nSPS) is 10.3. The highest BCUT2D eigenvalue weighted by atomic mass is 79.9. The monoisotopic (exact) mass is 414 g/mol. The van der Waals surface area contributed by atoms with Gasteiger partial charge in [0.2, 0.25) is 0 Å². The Morgan fingerprint density at radius 2 is 1.85 bits per heavy atom. The molecular formula is C15H12Br2O2S. The van der Waals surface area contributed by atoms with Crippen LogP contribution in [0.25, 0.3) is 0 Å². The first kappa shape index (κ1) is 15.6. The Morgan fingerprint density at radius 3 is 2.45 bits per heavy atom. The third-order valence-electron chi connectivity index (χ3n) is 2.68. The van der Waals surface area contributed by atoms with E-state index < -0.39 is 0 Å². The minimum Gasteiger partial charge on any atom is -0.465 e. The lowest BCUT2D eigenvalue weighted by Gasteiger charge is -2.07. The number of carbonyl (C=O) groups excluding carboxylic acids is 1. The number of carbonyl (C=O) groups is 1. The van der Waals surface area contributed by atoms with E-state index in [-0.39, 0.29) is 5.97 Å². The fourth-order valence-corrected chi connectivity index (χ4v) is 3.47. The molecular weight excluding hydrogens is 404 g/mol. The van der Waals surface area contributed by atoms with Gasteiger partial charge in [-0.2, -0.15) is 0 Å². The Hall–Kier alpha value is -0.780. The molecule has 0 aromatic heterocycles. The van der Waals surface area contributed by atoms with E-state index in [1.807, 2.05) is 18.2 Å². The van der Waals surface area contributed by atoms with Gasteiger partial charge in [0, 0.05) is 19.6 Å². The van der Waals surface area contributed by atoms with Gasteiger partial charge in [-0.1, -0.05) is 37.9 Å². The van der Waals surface area contributed by atoms with Crippen LogP contribution in [-0.2, 0) is 10.5 Å². The standard InChI is InChI=1S/C15H12Br2O2S/c1-19-15(18)10-2-3-11(14(17)8-10)9-20-13-6-4-12(16)5-7-13/h2-8H,9H2,1H3. The first-order valence-electron chi connectivity index (χ1n) is 5.85. The van der Waals surface area contributed by atoms with Crippen molar-refractivity contribution in [2.45, 2.75) is 10.6 Å². The zero-order valence-corrected chi connectivity index (χ0v) is 14.7. The van der Waals surface area contributed by atoms with Crippen molar-refractivity contribution in [2.75, 3.05) is 7.11 Å². The first-order valence-corrected chi connectivity index (χ1v) is 8.42. The topological polar surface area (TPSA) is 26.3 Å². The van der Waals surface area contributed by atoms with Gasteiger partial charge in [-0.3, -0.25) is 0 Å². The summed E-state index contributed by atoms with van der Waals surface area (Å²) in [7, 11) is 1.38. The van der Waals surface area contributed by atoms with Gasteiger partial charge in [-0.15, -0.1) is 11.8 Å². The molecule has 2 nitrogen and oxygen atoms in total. The Labute approximate surface area is 139 Å². The maximum atomic E-state index is 11.4. The van der Waals surface area contributed by atoms with Crippen LogP contribution in [0.4, 0.5) is 0 Å². The summed E-state index contributed by atoms with van der Waals surface area (Å²) in [5.74, 6) is 0.516. The summed E-state index contributed by atoms with van der Waals surface area (Å²) < 4.78 is 6.70. The molecule has 0 unspecified atom stereocenters. The summed E-state index contributed by atoms with van der Waals surface area (Å²) in [4.78, 5) is 12.6. The molecule has 0 saturated carbocycles. The molecule has 0 radical (unpaired) electrons. The lowest BCUT2D eigenvalue weighted by molar-refractivity contribution is 0.0600. The van der Waals surface area contributed by atoms with Crippen molar-refractivity contribution < 1.29 is 9.53 Å². The zero-order valence-electron chi connectivity index (χ0n) is 10.7. The number of methoxy groups -OCH3 is 1. The third-order valence-corrected chi connectivity index (χ3v) is 5.01. The number of hydrogen-bond donors (Lipinski definition) is 0. The molecule has 0 N–H and O–H groups in total. The van der Waals surface area contributed by atoms with Crippen molar-refractivity contribution in [2.24, 2.45) is 0 Å². The van der Waals surface area contributed by atoms with E-state index >= 15 is 0 Å². The predicted molar refractivity (Wildman–Crippen MR) is 89.2 cm³/mol. The zero-order chi connectivity index (χ0) is 14.5. The van der Waals surface area contributed by atoms with Crippen LogP contribution in [0.5, 0.6) is 0 Å². The molecule has 20 heavy (non-hydrogen) atoms. The largest absolute Gasteiger partial charge is 0.465 e. The van der Waals surface area contributed by atoms with Gasteiger partial charge in [0.1, 0.15) is 0 Å². The molecule has 0 bridgehead atoms. The number of rotatable bonds is 4. The highest BCUT2D eigenvalue weighted by Gasteiger charge is 2.08. The van der Waals surface area contributed by atoms with Crippen LogP contribution in [0.3, 0.4) is 0 Å². The molecule has 0 fully saturated rings. The first-order chi connectivity index (χ1) is 9.60. The summed E-state index contributed by atoms with van der Waals surface area (Å²) in [5.41, 5.74) is 1.70. The van der Waals surface area contributed by atoms with E-state index in [9.17, 15) is 4.79 Å². The van der Waals surface area contributed by atoms with Crippen LogP contribution in [0.1, 0.15) is 15.9 Å². The second-order valence-corrected chi connectivity index (χ2v) is 6.86. The minimum atomic E-state index is -0.321. The Balaban J connectivity index is 2.06. The highest BCUT2D eigenvalue weighted by molar-refractivity contribution is 9.10. The van der Waals surface area contributed by atoms with E-state index in [0.717, 1.165) is 20.3 Å². The molecule has 2 aromatic carbocycles. The molecule has 0 saturated heterocycles. The van der Waals surface area contributed by atoms with Crippen molar-refractivity contribution in [1.29, 1.82) is 0 Å². The van der Waals surface area contributed by atoms with Crippen LogP contribution in [0.15, 0.2) is 56.3 Å². The quantitative estimate of drug-likeness (QED) is 0.501. The molecule has 0 atom stereocenters. The summed E-state index contributed by atoms with van der Waals surface area (Å²) in [6.07, 6.45) is 0. The van der Waals surface area contributed by atoms with Crippen LogP contribution >= 0.6 is 43.6 Å². The molecule has 0 heterocycles. The summed E-state index contributed by atoms with van der Waals surface area (Å²) in [6, 6.07) is 13.7. The number of esters is 1. The maximum absolute atomic E-state index is 11.4. The number of benzene rings is 2. The van der Waals surface area contributed by atoms with E-state index in [0.29, 0.717) is 5.56 Å². The molecule has 0 aliphatic rings. The van der Waals surface area contributed by atoms with Gasteiger partial charge >= 0.3 is 5.97 Å². The minimum absolute atomic E-state index is 0.321. The van der Waals surface area contributed by atoms with Crippen molar-refractivity contribution in [3.8, 4) is 0 Å². The van der Waals surface area contributed by atoms with Crippen molar-refractivity contribution >= 4 is 49.6 Å². The fourth-order valence-electron chi connectivity index (χ4n) is 1.60. The summed E-state index contributed by atoms with van der Waals surface area (Å²) >= 11 is 8.67. The van der Waals surface area contributed by atoms with E-state index in [1.165, 1.54) is 12.0 Å².